The third kappa shape index (κ3) is 1.97. The molecule has 3 nitrogen and oxygen atoms in total. The lowest BCUT2D eigenvalue weighted by Gasteiger charge is -2.08. The Morgan fingerprint density at radius 2 is 2.47 bits per heavy atom. The smallest absolute Gasteiger partial charge is 0.166 e. The molecule has 3 rings (SSSR count). The summed E-state index contributed by atoms with van der Waals surface area (Å²) in [6.07, 6.45) is 5.00. The number of fused-ring (bicyclic) bond motifs is 1. The Morgan fingerprint density at radius 3 is 3.24 bits per heavy atom. The van der Waals surface area contributed by atoms with E-state index in [1.54, 1.807) is 0 Å². The zero-order chi connectivity index (χ0) is 11.7. The zero-order valence-corrected chi connectivity index (χ0v) is 10.3. The van der Waals surface area contributed by atoms with E-state index in [-0.39, 0.29) is 0 Å². The molecule has 1 aliphatic heterocycles. The topological polar surface area (TPSA) is 34.4 Å². The fraction of sp³-hybridized carbons (Fsp3) is 0.385. The van der Waals surface area contributed by atoms with Gasteiger partial charge in [0.25, 0.3) is 0 Å². The van der Waals surface area contributed by atoms with Crippen LogP contribution in [0.1, 0.15) is 22.7 Å². The van der Waals surface area contributed by atoms with Crippen molar-refractivity contribution < 1.29 is 4.79 Å². The maximum atomic E-state index is 11.1. The fourth-order valence-corrected chi connectivity index (χ4v) is 3.66. The number of hydrogen-bond acceptors (Lipinski definition) is 3. The third-order valence-corrected chi connectivity index (χ3v) is 4.50. The number of carbonyl (C=O) groups excluding carboxylic acids is 1. The van der Waals surface area contributed by atoms with Crippen molar-refractivity contribution in [1.82, 2.24) is 9.38 Å². The van der Waals surface area contributed by atoms with Crippen LogP contribution in [0.2, 0.25) is 0 Å². The summed E-state index contributed by atoms with van der Waals surface area (Å²) in [5.41, 5.74) is 1.70. The molecule has 2 aromatic rings. The molecular formula is C13H14N2OS. The van der Waals surface area contributed by atoms with Crippen molar-refractivity contribution in [2.24, 2.45) is 5.92 Å². The number of imidazole rings is 1. The molecule has 0 aliphatic carbocycles. The van der Waals surface area contributed by atoms with E-state index in [2.05, 4.69) is 4.98 Å². The molecule has 17 heavy (non-hydrogen) atoms. The average Bonchev–Trinajstić information content (AvgIpc) is 2.99. The van der Waals surface area contributed by atoms with Gasteiger partial charge >= 0.3 is 0 Å². The predicted octanol–water partition coefficient (Wildman–Crippen LogP) is 2.44. The highest BCUT2D eigenvalue weighted by molar-refractivity contribution is 7.99. The lowest BCUT2D eigenvalue weighted by atomic mass is 10.1. The van der Waals surface area contributed by atoms with Gasteiger partial charge in [-0.15, -0.1) is 0 Å². The van der Waals surface area contributed by atoms with Crippen molar-refractivity contribution in [2.75, 3.05) is 11.5 Å². The van der Waals surface area contributed by atoms with Crippen LogP contribution in [0.3, 0.4) is 0 Å². The molecule has 0 bridgehead atoms. The van der Waals surface area contributed by atoms with E-state index in [9.17, 15) is 4.79 Å². The van der Waals surface area contributed by atoms with Crippen LogP contribution in [-0.4, -0.2) is 27.2 Å². The second-order valence-corrected chi connectivity index (χ2v) is 5.59. The van der Waals surface area contributed by atoms with Gasteiger partial charge in [0.2, 0.25) is 0 Å². The Balaban J connectivity index is 2.00. The van der Waals surface area contributed by atoms with Crippen molar-refractivity contribution >= 4 is 23.6 Å². The third-order valence-electron chi connectivity index (χ3n) is 3.27. The minimum atomic E-state index is 0.695. The van der Waals surface area contributed by atoms with E-state index in [0.29, 0.717) is 11.6 Å². The Labute approximate surface area is 104 Å². The van der Waals surface area contributed by atoms with E-state index in [1.807, 2.05) is 40.6 Å². The van der Waals surface area contributed by atoms with E-state index >= 15 is 0 Å². The standard InChI is InChI=1S/C13H14N2OS/c16-8-12-3-1-2-11-7-14-13(15(11)12)6-10-4-5-17-9-10/h1-3,7-8,10H,4-6,9H2. The number of thioether (sulfide) groups is 1. The van der Waals surface area contributed by atoms with Crippen LogP contribution in [0, 0.1) is 5.92 Å². The molecule has 3 heterocycles. The highest BCUT2D eigenvalue weighted by Crippen LogP contribution is 2.26. The molecule has 1 aliphatic rings. The summed E-state index contributed by atoms with van der Waals surface area (Å²) < 4.78 is 1.98. The van der Waals surface area contributed by atoms with Crippen LogP contribution >= 0.6 is 11.8 Å². The summed E-state index contributed by atoms with van der Waals surface area (Å²) in [5.74, 6) is 4.22. The second-order valence-electron chi connectivity index (χ2n) is 4.44. The lowest BCUT2D eigenvalue weighted by Crippen LogP contribution is -2.08. The van der Waals surface area contributed by atoms with Crippen molar-refractivity contribution in [2.45, 2.75) is 12.8 Å². The quantitative estimate of drug-likeness (QED) is 0.780. The molecule has 0 saturated carbocycles. The largest absolute Gasteiger partial charge is 0.296 e. The number of nitrogens with zero attached hydrogens (tertiary/aromatic N) is 2. The molecule has 0 radical (unpaired) electrons. The maximum Gasteiger partial charge on any atom is 0.166 e. The highest BCUT2D eigenvalue weighted by Gasteiger charge is 2.18. The van der Waals surface area contributed by atoms with Crippen LogP contribution in [0.5, 0.6) is 0 Å². The van der Waals surface area contributed by atoms with Gasteiger partial charge in [0, 0.05) is 6.42 Å². The van der Waals surface area contributed by atoms with Crippen molar-refractivity contribution in [1.29, 1.82) is 0 Å². The molecule has 1 atom stereocenters. The summed E-state index contributed by atoms with van der Waals surface area (Å²) >= 11 is 2.01. The first-order chi connectivity index (χ1) is 8.38. The fourth-order valence-electron chi connectivity index (χ4n) is 2.38. The van der Waals surface area contributed by atoms with E-state index in [1.165, 1.54) is 17.9 Å². The zero-order valence-electron chi connectivity index (χ0n) is 9.50. The molecule has 4 heteroatoms. The SMILES string of the molecule is O=Cc1cccc2cnc(CC3CCSC3)n12. The lowest BCUT2D eigenvalue weighted by molar-refractivity contribution is 0.111. The summed E-state index contributed by atoms with van der Waals surface area (Å²) in [6, 6.07) is 5.73. The van der Waals surface area contributed by atoms with Crippen LogP contribution in [0.15, 0.2) is 24.4 Å². The summed E-state index contributed by atoms with van der Waals surface area (Å²) in [5, 5.41) is 0. The first-order valence-corrected chi connectivity index (χ1v) is 7.02. The monoisotopic (exact) mass is 246 g/mol. The molecule has 1 unspecified atom stereocenters. The maximum absolute atomic E-state index is 11.1. The highest BCUT2D eigenvalue weighted by atomic mass is 32.2. The number of hydrogen-bond donors (Lipinski definition) is 0. The number of carbonyl (C=O) groups is 1. The van der Waals surface area contributed by atoms with Gasteiger partial charge in [0.05, 0.1) is 17.4 Å². The van der Waals surface area contributed by atoms with Crippen LogP contribution < -0.4 is 0 Å². The van der Waals surface area contributed by atoms with E-state index in [0.717, 1.165) is 24.0 Å². The molecule has 1 saturated heterocycles. The summed E-state index contributed by atoms with van der Waals surface area (Å²) in [4.78, 5) is 15.5. The van der Waals surface area contributed by atoms with Gasteiger partial charge < -0.3 is 0 Å². The first kappa shape index (κ1) is 10.8. The first-order valence-electron chi connectivity index (χ1n) is 5.87. The van der Waals surface area contributed by atoms with Gasteiger partial charge in [-0.05, 0) is 36.0 Å². The van der Waals surface area contributed by atoms with Gasteiger partial charge in [-0.3, -0.25) is 9.20 Å². The minimum Gasteiger partial charge on any atom is -0.296 e. The van der Waals surface area contributed by atoms with Gasteiger partial charge in [0.1, 0.15) is 5.82 Å². The Hall–Kier alpha value is -1.29. The van der Waals surface area contributed by atoms with E-state index in [4.69, 9.17) is 0 Å². The molecule has 2 aromatic heterocycles. The van der Waals surface area contributed by atoms with E-state index < -0.39 is 0 Å². The number of rotatable bonds is 3. The number of pyridine rings is 1. The summed E-state index contributed by atoms with van der Waals surface area (Å²) in [6.45, 7) is 0. The van der Waals surface area contributed by atoms with Crippen LogP contribution in [-0.2, 0) is 6.42 Å². The van der Waals surface area contributed by atoms with Gasteiger partial charge in [-0.1, -0.05) is 6.07 Å². The van der Waals surface area contributed by atoms with Gasteiger partial charge in [-0.25, -0.2) is 4.98 Å². The number of aromatic nitrogens is 2. The minimum absolute atomic E-state index is 0.695. The van der Waals surface area contributed by atoms with Crippen LogP contribution in [0.25, 0.3) is 5.52 Å². The Kier molecular flexibility index (Phi) is 2.89. The Morgan fingerprint density at radius 1 is 1.53 bits per heavy atom. The molecule has 0 aromatic carbocycles. The van der Waals surface area contributed by atoms with Crippen LogP contribution in [0.4, 0.5) is 0 Å². The van der Waals surface area contributed by atoms with Gasteiger partial charge in [0.15, 0.2) is 6.29 Å². The molecule has 0 amide bonds. The molecule has 88 valence electrons. The van der Waals surface area contributed by atoms with Crippen molar-refractivity contribution in [3.63, 3.8) is 0 Å². The molecular weight excluding hydrogens is 232 g/mol. The molecule has 1 fully saturated rings. The Bertz CT molecular complexity index is 543. The number of aldehydes is 1. The second kappa shape index (κ2) is 4.53. The molecule has 0 N–H and O–H groups in total. The molecule has 0 spiro atoms. The average molecular weight is 246 g/mol. The van der Waals surface area contributed by atoms with Gasteiger partial charge in [-0.2, -0.15) is 11.8 Å². The predicted molar refractivity (Wildman–Crippen MR) is 69.7 cm³/mol. The normalized spacial score (nSPS) is 19.9. The summed E-state index contributed by atoms with van der Waals surface area (Å²) in [7, 11) is 0. The van der Waals surface area contributed by atoms with Crippen molar-refractivity contribution in [3.8, 4) is 0 Å². The van der Waals surface area contributed by atoms with Crippen molar-refractivity contribution in [3.05, 3.63) is 35.9 Å².